The van der Waals surface area contributed by atoms with E-state index in [1.54, 1.807) is 44.8 Å². The number of carbonyl (C=O) groups excluding carboxylic acids is 1. The van der Waals surface area contributed by atoms with Crippen LogP contribution in [0.5, 0.6) is 17.2 Å². The van der Waals surface area contributed by atoms with Crippen molar-refractivity contribution in [2.75, 3.05) is 14.2 Å². The molecule has 0 fully saturated rings. The molecule has 0 bridgehead atoms. The molecule has 2 aromatic carbocycles. The molecule has 1 N–H and O–H groups in total. The molecule has 0 unspecified atom stereocenters. The van der Waals surface area contributed by atoms with Crippen LogP contribution in [0.1, 0.15) is 16.7 Å². The smallest absolute Gasteiger partial charge is 0.124 e. The van der Waals surface area contributed by atoms with E-state index >= 15 is 0 Å². The maximum Gasteiger partial charge on any atom is 0.124 e. The van der Waals surface area contributed by atoms with Crippen LogP contribution >= 0.6 is 0 Å². The van der Waals surface area contributed by atoms with Gasteiger partial charge >= 0.3 is 0 Å². The predicted molar refractivity (Wildman–Crippen MR) is 92.6 cm³/mol. The fraction of sp³-hybridized carbons (Fsp3) is 0.167. The molecule has 0 aromatic heterocycles. The van der Waals surface area contributed by atoms with Gasteiger partial charge in [0.1, 0.15) is 23.5 Å². The number of rotatable bonds is 7. The van der Waals surface area contributed by atoms with E-state index in [9.17, 15) is 9.90 Å². The van der Waals surface area contributed by atoms with E-state index in [1.165, 1.54) is 6.07 Å². The van der Waals surface area contributed by atoms with Gasteiger partial charge in [0.05, 0.1) is 26.6 Å². The standard InChI is InChI=1S/C18H18N2O4/c1-23-16-8-14(9-17(10-16)24-2)12-20-19-11-13-3-4-18(22)15(7-13)5-6-21/h3-4,6-12,22H,5H2,1-2H3/b19-11+,20-12+. The normalized spacial score (nSPS) is 11.1. The van der Waals surface area contributed by atoms with Gasteiger partial charge in [-0.25, -0.2) is 0 Å². The second-order valence-electron chi connectivity index (χ2n) is 4.89. The summed E-state index contributed by atoms with van der Waals surface area (Å²) in [7, 11) is 3.16. The Labute approximate surface area is 140 Å². The quantitative estimate of drug-likeness (QED) is 0.482. The summed E-state index contributed by atoms with van der Waals surface area (Å²) in [6, 6.07) is 10.3. The molecule has 0 heterocycles. The molecule has 24 heavy (non-hydrogen) atoms. The van der Waals surface area contributed by atoms with E-state index in [4.69, 9.17) is 9.47 Å². The van der Waals surface area contributed by atoms with Gasteiger partial charge in [-0.15, -0.1) is 0 Å². The van der Waals surface area contributed by atoms with Crippen LogP contribution < -0.4 is 9.47 Å². The molecule has 0 saturated heterocycles. The highest BCUT2D eigenvalue weighted by molar-refractivity contribution is 5.84. The Morgan fingerprint density at radius 2 is 1.58 bits per heavy atom. The molecule has 0 amide bonds. The summed E-state index contributed by atoms with van der Waals surface area (Å²) in [6.07, 6.45) is 4.01. The van der Waals surface area contributed by atoms with Gasteiger partial charge in [0.15, 0.2) is 0 Å². The number of benzene rings is 2. The lowest BCUT2D eigenvalue weighted by molar-refractivity contribution is -0.107. The molecule has 0 radical (unpaired) electrons. The van der Waals surface area contributed by atoms with E-state index in [2.05, 4.69) is 10.2 Å². The average molecular weight is 326 g/mol. The zero-order valence-electron chi connectivity index (χ0n) is 13.5. The number of hydrogen-bond donors (Lipinski definition) is 1. The molecule has 6 heteroatoms. The van der Waals surface area contributed by atoms with Crippen molar-refractivity contribution in [1.29, 1.82) is 0 Å². The van der Waals surface area contributed by atoms with Crippen LogP contribution in [0, 0.1) is 0 Å². The van der Waals surface area contributed by atoms with Crippen molar-refractivity contribution in [3.8, 4) is 17.2 Å². The molecule has 124 valence electrons. The number of ether oxygens (including phenoxy) is 2. The molecule has 0 atom stereocenters. The average Bonchev–Trinajstić information content (AvgIpc) is 2.61. The number of aromatic hydroxyl groups is 1. The highest BCUT2D eigenvalue weighted by Gasteiger charge is 2.01. The number of methoxy groups -OCH3 is 2. The Morgan fingerprint density at radius 1 is 0.958 bits per heavy atom. The zero-order valence-corrected chi connectivity index (χ0v) is 13.5. The summed E-state index contributed by atoms with van der Waals surface area (Å²) in [5.41, 5.74) is 2.08. The molecular weight excluding hydrogens is 308 g/mol. The number of phenols is 1. The van der Waals surface area contributed by atoms with E-state index in [0.717, 1.165) is 17.4 Å². The first kappa shape index (κ1) is 17.2. The Hall–Kier alpha value is -3.15. The van der Waals surface area contributed by atoms with Crippen LogP contribution in [0.4, 0.5) is 0 Å². The number of aldehydes is 1. The van der Waals surface area contributed by atoms with Gasteiger partial charge < -0.3 is 19.4 Å². The van der Waals surface area contributed by atoms with Crippen molar-refractivity contribution in [2.24, 2.45) is 10.2 Å². The minimum Gasteiger partial charge on any atom is -0.508 e. The van der Waals surface area contributed by atoms with Crippen molar-refractivity contribution in [3.63, 3.8) is 0 Å². The Morgan fingerprint density at radius 3 is 2.17 bits per heavy atom. The van der Waals surface area contributed by atoms with Gasteiger partial charge in [-0.1, -0.05) is 0 Å². The fourth-order valence-corrected chi connectivity index (χ4v) is 2.04. The summed E-state index contributed by atoms with van der Waals surface area (Å²) < 4.78 is 10.4. The first-order valence-electron chi connectivity index (χ1n) is 7.21. The molecule has 0 spiro atoms. The zero-order chi connectivity index (χ0) is 17.4. The Balaban J connectivity index is 2.12. The van der Waals surface area contributed by atoms with Crippen molar-refractivity contribution in [1.82, 2.24) is 0 Å². The van der Waals surface area contributed by atoms with Crippen LogP contribution in [0.25, 0.3) is 0 Å². The minimum absolute atomic E-state index is 0.0891. The van der Waals surface area contributed by atoms with Crippen LogP contribution in [-0.4, -0.2) is 38.0 Å². The summed E-state index contributed by atoms with van der Waals surface area (Å²) in [4.78, 5) is 10.6. The molecule has 6 nitrogen and oxygen atoms in total. The van der Waals surface area contributed by atoms with Crippen molar-refractivity contribution in [3.05, 3.63) is 53.1 Å². The SMILES string of the molecule is COc1cc(/C=N/N=C/c2ccc(O)c(CC=O)c2)cc(OC)c1. The maximum atomic E-state index is 10.6. The van der Waals surface area contributed by atoms with Crippen molar-refractivity contribution in [2.45, 2.75) is 6.42 Å². The van der Waals surface area contributed by atoms with E-state index in [-0.39, 0.29) is 12.2 Å². The fourth-order valence-electron chi connectivity index (χ4n) is 2.04. The third-order valence-electron chi connectivity index (χ3n) is 3.26. The van der Waals surface area contributed by atoms with Crippen molar-refractivity contribution < 1.29 is 19.4 Å². The van der Waals surface area contributed by atoms with Gasteiger partial charge in [-0.2, -0.15) is 10.2 Å². The minimum atomic E-state index is 0.0891. The van der Waals surface area contributed by atoms with Gasteiger partial charge in [0, 0.05) is 23.6 Å². The lowest BCUT2D eigenvalue weighted by Crippen LogP contribution is -1.91. The first-order valence-corrected chi connectivity index (χ1v) is 7.21. The topological polar surface area (TPSA) is 80.5 Å². The van der Waals surface area contributed by atoms with E-state index in [0.29, 0.717) is 17.1 Å². The molecule has 0 aliphatic carbocycles. The molecule has 0 aliphatic rings. The van der Waals surface area contributed by atoms with Gasteiger partial charge in [-0.05, 0) is 35.9 Å². The lowest BCUT2D eigenvalue weighted by Gasteiger charge is -2.05. The molecule has 2 aromatic rings. The summed E-state index contributed by atoms with van der Waals surface area (Å²) in [6.45, 7) is 0. The second kappa shape index (κ2) is 8.47. The first-order chi connectivity index (χ1) is 11.7. The maximum absolute atomic E-state index is 10.6. The Kier molecular flexibility index (Phi) is 6.08. The van der Waals surface area contributed by atoms with Crippen LogP contribution in [0.15, 0.2) is 46.6 Å². The van der Waals surface area contributed by atoms with E-state index in [1.807, 2.05) is 12.1 Å². The number of phenolic OH excluding ortho intramolecular Hbond substituents is 1. The molecule has 0 aliphatic heterocycles. The summed E-state index contributed by atoms with van der Waals surface area (Å²) >= 11 is 0. The van der Waals surface area contributed by atoms with Crippen molar-refractivity contribution >= 4 is 18.7 Å². The monoisotopic (exact) mass is 326 g/mol. The van der Waals surface area contributed by atoms with E-state index < -0.39 is 0 Å². The summed E-state index contributed by atoms with van der Waals surface area (Å²) in [5.74, 6) is 1.42. The molecule has 2 rings (SSSR count). The third-order valence-corrected chi connectivity index (χ3v) is 3.26. The van der Waals surface area contributed by atoms with Crippen LogP contribution in [0.3, 0.4) is 0 Å². The summed E-state index contributed by atoms with van der Waals surface area (Å²) in [5, 5.41) is 17.6. The highest BCUT2D eigenvalue weighted by atomic mass is 16.5. The van der Waals surface area contributed by atoms with Gasteiger partial charge in [0.25, 0.3) is 0 Å². The predicted octanol–water partition coefficient (Wildman–Crippen LogP) is 2.60. The largest absolute Gasteiger partial charge is 0.508 e. The number of hydrogen-bond acceptors (Lipinski definition) is 6. The second-order valence-corrected chi connectivity index (χ2v) is 4.89. The van der Waals surface area contributed by atoms with Gasteiger partial charge in [0.2, 0.25) is 0 Å². The van der Waals surface area contributed by atoms with Crippen LogP contribution in [0.2, 0.25) is 0 Å². The lowest BCUT2D eigenvalue weighted by atomic mass is 10.1. The molecule has 0 saturated carbocycles. The number of nitrogens with zero attached hydrogens (tertiary/aromatic N) is 2. The molecular formula is C18H18N2O4. The number of carbonyl (C=O) groups is 1. The third kappa shape index (κ3) is 4.67. The Bertz CT molecular complexity index is 747. The highest BCUT2D eigenvalue weighted by Crippen LogP contribution is 2.21. The van der Waals surface area contributed by atoms with Crippen LogP contribution in [-0.2, 0) is 11.2 Å². The van der Waals surface area contributed by atoms with Gasteiger partial charge in [-0.3, -0.25) is 0 Å².